The van der Waals surface area contributed by atoms with Crippen LogP contribution in [0, 0.1) is 0 Å². The number of nitrogens with one attached hydrogen (secondary N) is 2. The Morgan fingerprint density at radius 1 is 1.12 bits per heavy atom. The summed E-state index contributed by atoms with van der Waals surface area (Å²) in [7, 11) is 0. The van der Waals surface area contributed by atoms with Crippen LogP contribution in [0.3, 0.4) is 0 Å². The summed E-state index contributed by atoms with van der Waals surface area (Å²) in [5.74, 6) is -2.58. The maximum Gasteiger partial charge on any atom is 0.440 e. The van der Waals surface area contributed by atoms with E-state index in [0.717, 1.165) is 19.3 Å². The number of nitrogens with zero attached hydrogens (tertiary/aromatic N) is 1. The van der Waals surface area contributed by atoms with E-state index in [0.29, 0.717) is 17.7 Å². The molecular formula is C17H18F3N3O3. The van der Waals surface area contributed by atoms with Crippen molar-refractivity contribution in [1.29, 1.82) is 0 Å². The Morgan fingerprint density at radius 3 is 2.31 bits per heavy atom. The van der Waals surface area contributed by atoms with Crippen LogP contribution < -0.4 is 10.6 Å². The molecule has 0 spiro atoms. The van der Waals surface area contributed by atoms with Crippen molar-refractivity contribution in [2.45, 2.75) is 50.0 Å². The molecule has 2 aliphatic rings. The molecule has 0 bridgehead atoms. The van der Waals surface area contributed by atoms with Crippen LogP contribution in [-0.2, 0) is 4.79 Å². The predicted octanol–water partition coefficient (Wildman–Crippen LogP) is 2.56. The molecule has 140 valence electrons. The lowest BCUT2D eigenvalue weighted by Crippen LogP contribution is -2.69. The Morgan fingerprint density at radius 2 is 1.73 bits per heavy atom. The van der Waals surface area contributed by atoms with E-state index in [4.69, 9.17) is 0 Å². The molecule has 0 radical (unpaired) electrons. The van der Waals surface area contributed by atoms with Gasteiger partial charge in [0.1, 0.15) is 0 Å². The van der Waals surface area contributed by atoms with Gasteiger partial charge in [-0.2, -0.15) is 13.2 Å². The maximum atomic E-state index is 13.8. The lowest BCUT2D eigenvalue weighted by Gasteiger charge is -2.32. The summed E-state index contributed by atoms with van der Waals surface area (Å²) in [5, 5.41) is 3.40. The van der Waals surface area contributed by atoms with Crippen LogP contribution in [0.5, 0.6) is 0 Å². The van der Waals surface area contributed by atoms with Crippen molar-refractivity contribution in [3.63, 3.8) is 0 Å². The smallest absolute Gasteiger partial charge is 0.314 e. The molecule has 6 nitrogen and oxygen atoms in total. The SMILES string of the molecule is O=C(NC1(C(F)(F)F)NC(=O)N(C2CCCCC2)C1=O)c1ccccc1. The monoisotopic (exact) mass is 369 g/mol. The van der Waals surface area contributed by atoms with Gasteiger partial charge in [0.15, 0.2) is 0 Å². The molecule has 2 N–H and O–H groups in total. The standard InChI is InChI=1S/C17H18F3N3O3/c18-17(19,20)16(21-13(24)11-7-3-1-4-8-11)14(25)23(15(26)22-16)12-9-5-2-6-10-12/h1,3-4,7-8,12H,2,5-6,9-10H2,(H,21,24)(H,22,26). The van der Waals surface area contributed by atoms with Gasteiger partial charge >= 0.3 is 12.2 Å². The minimum Gasteiger partial charge on any atom is -0.314 e. The summed E-state index contributed by atoms with van der Waals surface area (Å²) >= 11 is 0. The van der Waals surface area contributed by atoms with Gasteiger partial charge < -0.3 is 5.32 Å². The molecule has 3 rings (SSSR count). The first-order valence-electron chi connectivity index (χ1n) is 8.36. The number of benzene rings is 1. The molecule has 1 aromatic carbocycles. The number of halogens is 3. The summed E-state index contributed by atoms with van der Waals surface area (Å²) < 4.78 is 41.3. The van der Waals surface area contributed by atoms with Crippen LogP contribution in [0.4, 0.5) is 18.0 Å². The van der Waals surface area contributed by atoms with Gasteiger partial charge in [0.2, 0.25) is 0 Å². The fourth-order valence-electron chi connectivity index (χ4n) is 3.40. The second-order valence-electron chi connectivity index (χ2n) is 6.47. The van der Waals surface area contributed by atoms with Crippen LogP contribution in [-0.4, -0.2) is 40.6 Å². The van der Waals surface area contributed by atoms with E-state index in [9.17, 15) is 27.6 Å². The van der Waals surface area contributed by atoms with Crippen molar-refractivity contribution in [2.75, 3.05) is 0 Å². The number of urea groups is 1. The van der Waals surface area contributed by atoms with Gasteiger partial charge in [0.05, 0.1) is 0 Å². The van der Waals surface area contributed by atoms with Crippen molar-refractivity contribution in [1.82, 2.24) is 15.5 Å². The first-order chi connectivity index (χ1) is 12.3. The van der Waals surface area contributed by atoms with Crippen molar-refractivity contribution < 1.29 is 27.6 Å². The van der Waals surface area contributed by atoms with Crippen molar-refractivity contribution in [3.8, 4) is 0 Å². The lowest BCUT2D eigenvalue weighted by atomic mass is 9.94. The molecule has 1 saturated heterocycles. The summed E-state index contributed by atoms with van der Waals surface area (Å²) in [5.41, 5.74) is -3.50. The Balaban J connectivity index is 1.92. The van der Waals surface area contributed by atoms with E-state index in [1.54, 1.807) is 16.7 Å². The molecule has 4 amide bonds. The number of rotatable bonds is 3. The number of hydrogen-bond acceptors (Lipinski definition) is 3. The highest BCUT2D eigenvalue weighted by Gasteiger charge is 2.69. The van der Waals surface area contributed by atoms with E-state index < -0.39 is 35.7 Å². The molecule has 9 heteroatoms. The largest absolute Gasteiger partial charge is 0.440 e. The molecule has 1 aliphatic heterocycles. The van der Waals surface area contributed by atoms with Crippen LogP contribution in [0.25, 0.3) is 0 Å². The molecule has 1 aromatic rings. The second-order valence-corrected chi connectivity index (χ2v) is 6.47. The molecule has 2 fully saturated rings. The topological polar surface area (TPSA) is 78.5 Å². The number of hydrogen-bond donors (Lipinski definition) is 2. The number of amides is 4. The number of carbonyl (C=O) groups excluding carboxylic acids is 3. The fraction of sp³-hybridized carbons (Fsp3) is 0.471. The van der Waals surface area contributed by atoms with Crippen molar-refractivity contribution in [2.24, 2.45) is 0 Å². The average Bonchev–Trinajstić information content (AvgIpc) is 2.87. The minimum absolute atomic E-state index is 0.0470. The molecule has 0 aromatic heterocycles. The highest BCUT2D eigenvalue weighted by atomic mass is 19.4. The number of alkyl halides is 3. The van der Waals surface area contributed by atoms with E-state index in [2.05, 4.69) is 0 Å². The van der Waals surface area contributed by atoms with E-state index in [1.807, 2.05) is 0 Å². The molecule has 1 atom stereocenters. The summed E-state index contributed by atoms with van der Waals surface area (Å²) in [4.78, 5) is 37.7. The van der Waals surface area contributed by atoms with Crippen LogP contribution in [0.15, 0.2) is 30.3 Å². The van der Waals surface area contributed by atoms with E-state index >= 15 is 0 Å². The molecular weight excluding hydrogens is 351 g/mol. The third-order valence-corrected chi connectivity index (χ3v) is 4.75. The Kier molecular flexibility index (Phi) is 4.64. The summed E-state index contributed by atoms with van der Waals surface area (Å²) in [6.07, 6.45) is -1.89. The Hall–Kier alpha value is -2.58. The molecule has 1 unspecified atom stereocenters. The second kappa shape index (κ2) is 6.62. The van der Waals surface area contributed by atoms with Gasteiger partial charge in [-0.15, -0.1) is 0 Å². The Labute approximate surface area is 147 Å². The third-order valence-electron chi connectivity index (χ3n) is 4.75. The van der Waals surface area contributed by atoms with Gasteiger partial charge in [-0.25, -0.2) is 4.79 Å². The molecule has 1 saturated carbocycles. The van der Waals surface area contributed by atoms with Gasteiger partial charge in [-0.3, -0.25) is 19.8 Å². The van der Waals surface area contributed by atoms with Crippen LogP contribution >= 0.6 is 0 Å². The van der Waals surface area contributed by atoms with E-state index in [-0.39, 0.29) is 5.56 Å². The highest BCUT2D eigenvalue weighted by molar-refractivity contribution is 6.10. The Bertz CT molecular complexity index is 717. The number of carbonyl (C=O) groups is 3. The fourth-order valence-corrected chi connectivity index (χ4v) is 3.40. The average molecular weight is 369 g/mol. The zero-order valence-corrected chi connectivity index (χ0v) is 13.8. The van der Waals surface area contributed by atoms with Gasteiger partial charge in [-0.05, 0) is 25.0 Å². The first-order valence-corrected chi connectivity index (χ1v) is 8.36. The van der Waals surface area contributed by atoms with Gasteiger partial charge in [0.25, 0.3) is 17.5 Å². The maximum absolute atomic E-state index is 13.8. The minimum atomic E-state index is -5.19. The summed E-state index contributed by atoms with van der Waals surface area (Å²) in [6.45, 7) is 0. The lowest BCUT2D eigenvalue weighted by molar-refractivity contribution is -0.200. The molecule has 26 heavy (non-hydrogen) atoms. The quantitative estimate of drug-likeness (QED) is 0.804. The highest BCUT2D eigenvalue weighted by Crippen LogP contribution is 2.36. The van der Waals surface area contributed by atoms with Gasteiger partial charge in [-0.1, -0.05) is 37.5 Å². The molecule has 1 aliphatic carbocycles. The van der Waals surface area contributed by atoms with Crippen molar-refractivity contribution in [3.05, 3.63) is 35.9 Å². The zero-order valence-electron chi connectivity index (χ0n) is 13.8. The van der Waals surface area contributed by atoms with E-state index in [1.165, 1.54) is 24.3 Å². The molecule has 1 heterocycles. The van der Waals surface area contributed by atoms with Crippen LogP contribution in [0.2, 0.25) is 0 Å². The third kappa shape index (κ3) is 3.02. The van der Waals surface area contributed by atoms with Crippen molar-refractivity contribution >= 4 is 17.8 Å². The predicted molar refractivity (Wildman–Crippen MR) is 84.9 cm³/mol. The van der Waals surface area contributed by atoms with Crippen LogP contribution in [0.1, 0.15) is 42.5 Å². The number of imide groups is 1. The summed E-state index contributed by atoms with van der Waals surface area (Å²) in [6, 6.07) is 5.49. The zero-order chi connectivity index (χ0) is 18.9. The van der Waals surface area contributed by atoms with Gasteiger partial charge in [0, 0.05) is 11.6 Å². The normalized spacial score (nSPS) is 24.5. The first kappa shape index (κ1) is 18.2.